The first-order valence-corrected chi connectivity index (χ1v) is 8.43. The molecule has 0 saturated heterocycles. The molecule has 9 heteroatoms. The van der Waals surface area contributed by atoms with Crippen molar-refractivity contribution in [1.29, 1.82) is 0 Å². The monoisotopic (exact) mass is 410 g/mol. The Bertz CT molecular complexity index is 825. The summed E-state index contributed by atoms with van der Waals surface area (Å²) in [6.07, 6.45) is 1.43. The van der Waals surface area contributed by atoms with Crippen LogP contribution >= 0.6 is 23.2 Å². The van der Waals surface area contributed by atoms with Crippen molar-refractivity contribution in [3.63, 3.8) is 0 Å². The number of carbonyl (C=O) groups excluding carboxylic acids is 2. The van der Waals surface area contributed by atoms with Gasteiger partial charge in [-0.15, -0.1) is 0 Å². The van der Waals surface area contributed by atoms with Gasteiger partial charge in [-0.3, -0.25) is 4.79 Å². The van der Waals surface area contributed by atoms with Crippen LogP contribution in [0.2, 0.25) is 10.0 Å². The lowest BCUT2D eigenvalue weighted by molar-refractivity contribution is -0.151. The third-order valence-corrected chi connectivity index (χ3v) is 3.69. The quantitative estimate of drug-likeness (QED) is 0.408. The van der Waals surface area contributed by atoms with Gasteiger partial charge in [0.25, 0.3) is 5.91 Å². The van der Waals surface area contributed by atoms with E-state index < -0.39 is 25.1 Å². The van der Waals surface area contributed by atoms with Crippen molar-refractivity contribution in [3.8, 4) is 5.75 Å². The molecule has 0 aliphatic heterocycles. The second-order valence-electron chi connectivity index (χ2n) is 5.11. The topological polar surface area (TPSA) is 86.2 Å². The van der Waals surface area contributed by atoms with E-state index in [1.165, 1.54) is 12.3 Å². The Morgan fingerprint density at radius 2 is 1.85 bits per heavy atom. The summed E-state index contributed by atoms with van der Waals surface area (Å²) < 4.78 is 9.83. The number of rotatable bonds is 8. The largest absolute Gasteiger partial charge is 0.497 e. The van der Waals surface area contributed by atoms with Crippen LogP contribution in [0.5, 0.6) is 5.75 Å². The summed E-state index contributed by atoms with van der Waals surface area (Å²) in [4.78, 5) is 28.1. The summed E-state index contributed by atoms with van der Waals surface area (Å²) in [7, 11) is 1.57. The molecule has 0 aromatic heterocycles. The van der Waals surface area contributed by atoms with Crippen molar-refractivity contribution in [2.75, 3.05) is 25.6 Å². The van der Waals surface area contributed by atoms with Gasteiger partial charge in [0.15, 0.2) is 6.61 Å². The molecule has 0 bridgehead atoms. The molecule has 142 valence electrons. The van der Waals surface area contributed by atoms with E-state index in [-0.39, 0.29) is 5.02 Å². The fourth-order valence-corrected chi connectivity index (χ4v) is 2.30. The fourth-order valence-electron chi connectivity index (χ4n) is 1.84. The van der Waals surface area contributed by atoms with E-state index in [1.807, 2.05) is 0 Å². The number of methoxy groups -OCH3 is 1. The number of esters is 1. The number of ether oxygens (including phenoxy) is 2. The van der Waals surface area contributed by atoms with Crippen LogP contribution in [0.4, 0.5) is 5.69 Å². The summed E-state index contributed by atoms with van der Waals surface area (Å²) in [6.45, 7) is -0.912. The van der Waals surface area contributed by atoms with E-state index in [0.717, 1.165) is 11.3 Å². The van der Waals surface area contributed by atoms with Gasteiger partial charge in [-0.05, 0) is 48.0 Å². The summed E-state index contributed by atoms with van der Waals surface area (Å²) in [5.74, 6) is -0.566. The van der Waals surface area contributed by atoms with Crippen LogP contribution in [-0.2, 0) is 19.2 Å². The minimum absolute atomic E-state index is 0.276. The van der Waals surface area contributed by atoms with Crippen LogP contribution in [0.3, 0.4) is 0 Å². The first kappa shape index (κ1) is 20.5. The van der Waals surface area contributed by atoms with Crippen LogP contribution in [0.25, 0.3) is 0 Å². The SMILES string of the molecule is COc1ccc(/C=N\OCC(=O)OCC(=O)Nc2ccc(Cl)cc2Cl)cc1. The van der Waals surface area contributed by atoms with Gasteiger partial charge in [0, 0.05) is 5.02 Å². The van der Waals surface area contributed by atoms with Gasteiger partial charge < -0.3 is 19.6 Å². The lowest BCUT2D eigenvalue weighted by atomic mass is 10.2. The number of nitrogens with one attached hydrogen (secondary N) is 1. The van der Waals surface area contributed by atoms with Crippen molar-refractivity contribution in [2.24, 2.45) is 5.16 Å². The van der Waals surface area contributed by atoms with Crippen molar-refractivity contribution < 1.29 is 23.9 Å². The molecule has 0 saturated carbocycles. The molecule has 2 rings (SSSR count). The van der Waals surface area contributed by atoms with Crippen molar-refractivity contribution in [1.82, 2.24) is 0 Å². The molecular formula is C18H16Cl2N2O5. The maximum atomic E-state index is 11.8. The lowest BCUT2D eigenvalue weighted by Crippen LogP contribution is -2.22. The molecule has 0 aliphatic rings. The number of hydrogen-bond acceptors (Lipinski definition) is 6. The zero-order valence-electron chi connectivity index (χ0n) is 14.3. The highest BCUT2D eigenvalue weighted by Gasteiger charge is 2.10. The van der Waals surface area contributed by atoms with Crippen LogP contribution in [0.1, 0.15) is 5.56 Å². The number of benzene rings is 2. The van der Waals surface area contributed by atoms with E-state index in [9.17, 15) is 9.59 Å². The molecule has 0 radical (unpaired) electrons. The molecule has 0 unspecified atom stereocenters. The third-order valence-electron chi connectivity index (χ3n) is 3.14. The Morgan fingerprint density at radius 3 is 2.52 bits per heavy atom. The first-order chi connectivity index (χ1) is 13.0. The number of hydrogen-bond donors (Lipinski definition) is 1. The predicted molar refractivity (Wildman–Crippen MR) is 103 cm³/mol. The highest BCUT2D eigenvalue weighted by molar-refractivity contribution is 6.36. The molecule has 0 aliphatic carbocycles. The number of nitrogens with zero attached hydrogens (tertiary/aromatic N) is 1. The second-order valence-corrected chi connectivity index (χ2v) is 5.96. The lowest BCUT2D eigenvalue weighted by Gasteiger charge is -2.08. The molecule has 0 heterocycles. The zero-order valence-corrected chi connectivity index (χ0v) is 15.8. The van der Waals surface area contributed by atoms with Crippen LogP contribution in [-0.4, -0.2) is 38.4 Å². The van der Waals surface area contributed by atoms with Crippen molar-refractivity contribution in [2.45, 2.75) is 0 Å². The number of halogens is 2. The molecule has 2 aromatic carbocycles. The van der Waals surface area contributed by atoms with Gasteiger partial charge in [-0.1, -0.05) is 28.4 Å². The maximum absolute atomic E-state index is 11.8. The van der Waals surface area contributed by atoms with Crippen LogP contribution in [0, 0.1) is 0 Å². The number of anilines is 1. The predicted octanol–water partition coefficient (Wildman–Crippen LogP) is 3.53. The summed E-state index contributed by atoms with van der Waals surface area (Å²) in [5.41, 5.74) is 1.13. The summed E-state index contributed by atoms with van der Waals surface area (Å²) in [5, 5.41) is 6.88. The zero-order chi connectivity index (χ0) is 19.6. The van der Waals surface area contributed by atoms with Crippen LogP contribution in [0.15, 0.2) is 47.6 Å². The Balaban J connectivity index is 1.69. The first-order valence-electron chi connectivity index (χ1n) is 7.68. The average molecular weight is 411 g/mol. The number of carbonyl (C=O) groups is 2. The van der Waals surface area contributed by atoms with Gasteiger partial charge in [0.1, 0.15) is 5.75 Å². The van der Waals surface area contributed by atoms with E-state index >= 15 is 0 Å². The minimum atomic E-state index is -0.737. The van der Waals surface area contributed by atoms with Crippen LogP contribution < -0.4 is 10.1 Å². The van der Waals surface area contributed by atoms with E-state index in [0.29, 0.717) is 10.7 Å². The Hall–Kier alpha value is -2.77. The smallest absolute Gasteiger partial charge is 0.347 e. The average Bonchev–Trinajstić information content (AvgIpc) is 2.66. The molecule has 0 fully saturated rings. The molecule has 7 nitrogen and oxygen atoms in total. The summed E-state index contributed by atoms with van der Waals surface area (Å²) >= 11 is 11.7. The molecule has 0 atom stereocenters. The highest BCUT2D eigenvalue weighted by atomic mass is 35.5. The highest BCUT2D eigenvalue weighted by Crippen LogP contribution is 2.25. The fraction of sp³-hybridized carbons (Fsp3) is 0.167. The minimum Gasteiger partial charge on any atom is -0.497 e. The molecule has 1 N–H and O–H groups in total. The normalized spacial score (nSPS) is 10.5. The Kier molecular flexibility index (Phi) is 7.91. The van der Waals surface area contributed by atoms with E-state index in [1.54, 1.807) is 43.5 Å². The Labute approximate surface area is 165 Å². The summed E-state index contributed by atoms with van der Waals surface area (Å²) in [6, 6.07) is 11.7. The van der Waals surface area contributed by atoms with Gasteiger partial charge in [-0.2, -0.15) is 0 Å². The van der Waals surface area contributed by atoms with Gasteiger partial charge >= 0.3 is 5.97 Å². The molecule has 0 spiro atoms. The van der Waals surface area contributed by atoms with E-state index in [4.69, 9.17) is 37.5 Å². The molecule has 2 aromatic rings. The third kappa shape index (κ3) is 7.16. The molecular weight excluding hydrogens is 395 g/mol. The number of amides is 1. The molecule has 1 amide bonds. The van der Waals surface area contributed by atoms with E-state index in [2.05, 4.69) is 10.5 Å². The number of oxime groups is 1. The second kappa shape index (κ2) is 10.4. The van der Waals surface area contributed by atoms with Crippen molar-refractivity contribution in [3.05, 3.63) is 58.1 Å². The Morgan fingerprint density at radius 1 is 1.11 bits per heavy atom. The van der Waals surface area contributed by atoms with Crippen molar-refractivity contribution >= 4 is 47.0 Å². The van der Waals surface area contributed by atoms with Gasteiger partial charge in [0.05, 0.1) is 24.0 Å². The van der Waals surface area contributed by atoms with Gasteiger partial charge in [0.2, 0.25) is 6.61 Å². The van der Waals surface area contributed by atoms with Gasteiger partial charge in [-0.25, -0.2) is 4.79 Å². The maximum Gasteiger partial charge on any atom is 0.347 e. The molecule has 27 heavy (non-hydrogen) atoms. The standard InChI is InChI=1S/C18H16Cl2N2O5/c1-25-14-5-2-12(3-6-14)9-21-27-11-18(24)26-10-17(23)22-16-7-4-13(19)8-15(16)20/h2-9H,10-11H2,1H3,(H,22,23)/b21-9-.